The van der Waals surface area contributed by atoms with Gasteiger partial charge in [-0.05, 0) is 27.3 Å². The van der Waals surface area contributed by atoms with Crippen LogP contribution in [-0.4, -0.2) is 50.5 Å². The highest BCUT2D eigenvalue weighted by atomic mass is 16.5. The highest BCUT2D eigenvalue weighted by molar-refractivity contribution is 4.83. The molecule has 0 saturated carbocycles. The summed E-state index contributed by atoms with van der Waals surface area (Å²) in [6, 6.07) is 0.535. The van der Waals surface area contributed by atoms with Crippen LogP contribution < -0.4 is 0 Å². The number of nitrogens with zero attached hydrogens (tertiary/aromatic N) is 1. The van der Waals surface area contributed by atoms with Gasteiger partial charge in [0.2, 0.25) is 0 Å². The molecule has 0 bridgehead atoms. The topological polar surface area (TPSA) is 21.7 Å². The smallest absolute Gasteiger partial charge is 0.0714 e. The molecule has 3 heteroatoms. The molecule has 2 unspecified atom stereocenters. The molecule has 1 aliphatic rings. The molecule has 0 aromatic heterocycles. The normalized spacial score (nSPS) is 26.6. The van der Waals surface area contributed by atoms with E-state index in [0.29, 0.717) is 18.2 Å². The minimum atomic E-state index is 0.329. The first-order valence-corrected chi connectivity index (χ1v) is 5.98. The molecule has 0 aromatic rings. The van der Waals surface area contributed by atoms with Crippen molar-refractivity contribution in [3.8, 4) is 0 Å². The lowest BCUT2D eigenvalue weighted by Crippen LogP contribution is -2.30. The van der Waals surface area contributed by atoms with Crippen molar-refractivity contribution in [1.82, 2.24) is 4.90 Å². The molecule has 1 heterocycles. The molecule has 92 valence electrons. The van der Waals surface area contributed by atoms with Crippen LogP contribution in [0.5, 0.6) is 0 Å². The summed E-state index contributed by atoms with van der Waals surface area (Å²) in [5.41, 5.74) is 0. The summed E-state index contributed by atoms with van der Waals surface area (Å²) >= 11 is 0. The summed E-state index contributed by atoms with van der Waals surface area (Å²) in [5, 5.41) is 0. The molecule has 0 radical (unpaired) electrons. The summed E-state index contributed by atoms with van der Waals surface area (Å²) in [7, 11) is 3.91. The van der Waals surface area contributed by atoms with Crippen molar-refractivity contribution in [2.75, 3.05) is 27.3 Å². The summed E-state index contributed by atoms with van der Waals surface area (Å²) < 4.78 is 10.9. The standard InChI is InChI=1S/C10H21NO2.C2H6/c1-8(2)13-7-9-5-10(12-4)6-11(9)3;1-2/h8-10H,5-7H2,1-4H3;1-2H3. The van der Waals surface area contributed by atoms with Gasteiger partial charge in [-0.15, -0.1) is 0 Å². The molecule has 0 spiro atoms. The van der Waals surface area contributed by atoms with Gasteiger partial charge in [-0.25, -0.2) is 0 Å². The fourth-order valence-electron chi connectivity index (χ4n) is 1.70. The average molecular weight is 217 g/mol. The second-order valence-electron chi connectivity index (χ2n) is 4.07. The third kappa shape index (κ3) is 5.50. The summed E-state index contributed by atoms with van der Waals surface area (Å²) in [6.07, 6.45) is 1.82. The Labute approximate surface area is 94.7 Å². The van der Waals surface area contributed by atoms with Gasteiger partial charge in [0.15, 0.2) is 0 Å². The van der Waals surface area contributed by atoms with E-state index in [1.807, 2.05) is 13.8 Å². The van der Waals surface area contributed by atoms with Gasteiger partial charge in [-0.1, -0.05) is 13.8 Å². The van der Waals surface area contributed by atoms with Crippen LogP contribution in [0.1, 0.15) is 34.1 Å². The lowest BCUT2D eigenvalue weighted by molar-refractivity contribution is 0.0425. The second-order valence-corrected chi connectivity index (χ2v) is 4.07. The van der Waals surface area contributed by atoms with E-state index in [1.54, 1.807) is 7.11 Å². The molecule has 0 N–H and O–H groups in total. The molecule has 0 amide bonds. The van der Waals surface area contributed by atoms with Crippen LogP contribution in [0, 0.1) is 0 Å². The second kappa shape index (κ2) is 8.08. The van der Waals surface area contributed by atoms with Crippen LogP contribution in [0.2, 0.25) is 0 Å². The van der Waals surface area contributed by atoms with Gasteiger partial charge in [-0.3, -0.25) is 4.90 Å². The van der Waals surface area contributed by atoms with E-state index in [-0.39, 0.29) is 0 Å². The minimum Gasteiger partial charge on any atom is -0.380 e. The summed E-state index contributed by atoms with van der Waals surface area (Å²) in [4.78, 5) is 2.32. The SMILES string of the molecule is CC.COC1CC(COC(C)C)N(C)C1. The maximum Gasteiger partial charge on any atom is 0.0714 e. The van der Waals surface area contributed by atoms with Crippen molar-refractivity contribution >= 4 is 0 Å². The lowest BCUT2D eigenvalue weighted by Gasteiger charge is -2.19. The predicted octanol–water partition coefficient (Wildman–Crippen LogP) is 2.16. The maximum atomic E-state index is 5.59. The molecule has 2 atom stereocenters. The molecule has 3 nitrogen and oxygen atoms in total. The highest BCUT2D eigenvalue weighted by Gasteiger charge is 2.29. The van der Waals surface area contributed by atoms with Crippen LogP contribution in [0.4, 0.5) is 0 Å². The predicted molar refractivity (Wildman–Crippen MR) is 64.3 cm³/mol. The van der Waals surface area contributed by atoms with Crippen molar-refractivity contribution in [1.29, 1.82) is 0 Å². The number of methoxy groups -OCH3 is 1. The van der Waals surface area contributed by atoms with E-state index < -0.39 is 0 Å². The molecular formula is C12H27NO2. The van der Waals surface area contributed by atoms with Crippen LogP contribution in [-0.2, 0) is 9.47 Å². The van der Waals surface area contributed by atoms with Gasteiger partial charge in [-0.2, -0.15) is 0 Å². The number of hydrogen-bond donors (Lipinski definition) is 0. The highest BCUT2D eigenvalue weighted by Crippen LogP contribution is 2.18. The van der Waals surface area contributed by atoms with Crippen LogP contribution in [0.15, 0.2) is 0 Å². The zero-order valence-electron chi connectivity index (χ0n) is 11.1. The van der Waals surface area contributed by atoms with E-state index in [4.69, 9.17) is 9.47 Å². The van der Waals surface area contributed by atoms with E-state index in [9.17, 15) is 0 Å². The van der Waals surface area contributed by atoms with Crippen molar-refractivity contribution in [3.05, 3.63) is 0 Å². The Bertz CT molecular complexity index is 151. The molecule has 0 aliphatic carbocycles. The molecule has 1 saturated heterocycles. The molecule has 1 rings (SSSR count). The first kappa shape index (κ1) is 14.9. The Balaban J connectivity index is 0.000000921. The third-order valence-corrected chi connectivity index (χ3v) is 2.61. The first-order chi connectivity index (χ1) is 7.13. The molecule has 15 heavy (non-hydrogen) atoms. The van der Waals surface area contributed by atoms with E-state index in [2.05, 4.69) is 25.8 Å². The molecule has 0 aromatic carbocycles. The first-order valence-electron chi connectivity index (χ1n) is 5.98. The van der Waals surface area contributed by atoms with E-state index in [0.717, 1.165) is 19.6 Å². The number of hydrogen-bond acceptors (Lipinski definition) is 3. The number of likely N-dealkylation sites (N-methyl/N-ethyl adjacent to an activating group) is 1. The molecule has 1 fully saturated rings. The van der Waals surface area contributed by atoms with Gasteiger partial charge in [0, 0.05) is 19.7 Å². The third-order valence-electron chi connectivity index (χ3n) is 2.61. The Morgan fingerprint density at radius 1 is 1.33 bits per heavy atom. The van der Waals surface area contributed by atoms with Crippen molar-refractivity contribution < 1.29 is 9.47 Å². The Hall–Kier alpha value is -0.120. The largest absolute Gasteiger partial charge is 0.380 e. The fourth-order valence-corrected chi connectivity index (χ4v) is 1.70. The lowest BCUT2D eigenvalue weighted by atomic mass is 10.2. The Morgan fingerprint density at radius 3 is 2.33 bits per heavy atom. The fraction of sp³-hybridized carbons (Fsp3) is 1.00. The number of rotatable bonds is 4. The quantitative estimate of drug-likeness (QED) is 0.720. The van der Waals surface area contributed by atoms with Crippen LogP contribution in [0.25, 0.3) is 0 Å². The summed E-state index contributed by atoms with van der Waals surface area (Å²) in [5.74, 6) is 0. The van der Waals surface area contributed by atoms with E-state index >= 15 is 0 Å². The average Bonchev–Trinajstić information content (AvgIpc) is 2.59. The van der Waals surface area contributed by atoms with Gasteiger partial charge < -0.3 is 9.47 Å². The van der Waals surface area contributed by atoms with Crippen LogP contribution in [0.3, 0.4) is 0 Å². The Kier molecular flexibility index (Phi) is 8.02. The summed E-state index contributed by atoms with van der Waals surface area (Å²) in [6.45, 7) is 10.0. The van der Waals surface area contributed by atoms with Gasteiger partial charge >= 0.3 is 0 Å². The van der Waals surface area contributed by atoms with Crippen molar-refractivity contribution in [2.24, 2.45) is 0 Å². The zero-order chi connectivity index (χ0) is 11.8. The van der Waals surface area contributed by atoms with Crippen molar-refractivity contribution in [3.63, 3.8) is 0 Å². The van der Waals surface area contributed by atoms with Gasteiger partial charge in [0.1, 0.15) is 0 Å². The molecular weight excluding hydrogens is 190 g/mol. The van der Waals surface area contributed by atoms with Gasteiger partial charge in [0.25, 0.3) is 0 Å². The minimum absolute atomic E-state index is 0.329. The van der Waals surface area contributed by atoms with Crippen molar-refractivity contribution in [2.45, 2.75) is 52.4 Å². The zero-order valence-corrected chi connectivity index (χ0v) is 11.1. The maximum absolute atomic E-state index is 5.59. The van der Waals surface area contributed by atoms with Gasteiger partial charge in [0.05, 0.1) is 18.8 Å². The monoisotopic (exact) mass is 217 g/mol. The number of ether oxygens (including phenoxy) is 2. The molecule has 1 aliphatic heterocycles. The Morgan fingerprint density at radius 2 is 1.93 bits per heavy atom. The van der Waals surface area contributed by atoms with Crippen LogP contribution >= 0.6 is 0 Å². The number of likely N-dealkylation sites (tertiary alicyclic amines) is 1. The van der Waals surface area contributed by atoms with E-state index in [1.165, 1.54) is 0 Å².